The van der Waals surface area contributed by atoms with Gasteiger partial charge in [-0.2, -0.15) is 0 Å². The summed E-state index contributed by atoms with van der Waals surface area (Å²) in [5, 5.41) is 0. The van der Waals surface area contributed by atoms with Crippen molar-refractivity contribution in [2.75, 3.05) is 0 Å². The van der Waals surface area contributed by atoms with E-state index < -0.39 is 0 Å². The Kier molecular flexibility index (Phi) is 117. The van der Waals surface area contributed by atoms with Gasteiger partial charge >= 0.3 is 19.3 Å². The van der Waals surface area contributed by atoms with Gasteiger partial charge in [0.05, 0.1) is 0 Å². The third kappa shape index (κ3) is 9.96. The van der Waals surface area contributed by atoms with Gasteiger partial charge in [0.15, 0.2) is 0 Å². The van der Waals surface area contributed by atoms with Crippen LogP contribution in [0.3, 0.4) is 0 Å². The van der Waals surface area contributed by atoms with E-state index in [1.165, 1.54) is 0 Å². The molecule has 0 rings (SSSR count). The first-order chi connectivity index (χ1) is 1.00. The van der Waals surface area contributed by atoms with Crippen LogP contribution in [0.2, 0.25) is 0 Å². The van der Waals surface area contributed by atoms with E-state index >= 15 is 0 Å². The summed E-state index contributed by atoms with van der Waals surface area (Å²) in [5.41, 5.74) is 0. The Balaban J connectivity index is -0.00000000500. The normalized spacial score (nSPS) is 1.50. The predicted octanol–water partition coefficient (Wildman–Crippen LogP) is -0.505. The molecule has 0 spiro atoms. The molecule has 4 heavy (non-hydrogen) atoms. The van der Waals surface area contributed by atoms with Gasteiger partial charge in [0.1, 0.15) is 0 Å². The van der Waals surface area contributed by atoms with Crippen LogP contribution in [0, 0.1) is 0 Å². The van der Waals surface area contributed by atoms with Crippen molar-refractivity contribution < 1.29 is 36.4 Å². The van der Waals surface area contributed by atoms with Crippen molar-refractivity contribution in [1.29, 1.82) is 0 Å². The van der Waals surface area contributed by atoms with E-state index in [1.54, 1.807) is 0 Å². The van der Waals surface area contributed by atoms with Crippen LogP contribution in [0.1, 0.15) is 0 Å². The van der Waals surface area contributed by atoms with Gasteiger partial charge in [0.2, 0.25) is 0 Å². The second kappa shape index (κ2) is 25.8. The quantitative estimate of drug-likeness (QED) is 0.420. The van der Waals surface area contributed by atoms with E-state index in [1.807, 2.05) is 0 Å². The fraction of sp³-hybridized carbons (Fsp3) is 0. The third-order valence-electron chi connectivity index (χ3n) is 0. The molecule has 0 aromatic heterocycles. The standard InChI is InChI=1S/Cu.Li.Ni.O. The third-order valence-corrected chi connectivity index (χ3v) is 0. The maximum absolute atomic E-state index is 7.88. The average molecular weight is 145 g/mol. The van der Waals surface area contributed by atoms with Crippen molar-refractivity contribution in [2.45, 2.75) is 0 Å². The van der Waals surface area contributed by atoms with Gasteiger partial charge in [-0.1, -0.05) is 0 Å². The molecular weight excluding hydrogens is 145 g/mol. The molecule has 28 valence electrons. The Bertz CT molecular complexity index is 8.00. The number of rotatable bonds is 0. The molecule has 0 unspecified atom stereocenters. The van der Waals surface area contributed by atoms with E-state index in [4.69, 9.17) is 3.90 Å². The van der Waals surface area contributed by atoms with Crippen molar-refractivity contribution in [1.82, 2.24) is 0 Å². The predicted molar refractivity (Wildman–Crippen MR) is 6.44 cm³/mol. The molecule has 0 aromatic carbocycles. The van der Waals surface area contributed by atoms with Gasteiger partial charge in [-0.25, -0.2) is 0 Å². The first kappa shape index (κ1) is 18.1. The zero-order chi connectivity index (χ0) is 2.00. The molecule has 2 radical (unpaired) electrons. The van der Waals surface area contributed by atoms with E-state index in [2.05, 4.69) is 15.4 Å². The summed E-state index contributed by atoms with van der Waals surface area (Å²) in [4.78, 5) is 0. The second-order valence-corrected chi connectivity index (χ2v) is 0. The molecule has 0 aliphatic carbocycles. The molecule has 0 aromatic rings. The molecule has 0 aliphatic heterocycles. The molecule has 0 N–H and O–H groups in total. The summed E-state index contributed by atoms with van der Waals surface area (Å²) in [6.45, 7) is 0. The van der Waals surface area contributed by atoms with E-state index in [0.717, 1.165) is 0 Å². The van der Waals surface area contributed by atoms with Gasteiger partial charge in [-0.05, 0) is 0 Å². The van der Waals surface area contributed by atoms with Gasteiger partial charge in [-0.15, -0.1) is 0 Å². The SMILES string of the molecule is [Cu].[Li].[O]=[Ni]. The van der Waals surface area contributed by atoms with Crippen LogP contribution in [0.25, 0.3) is 0 Å². The van der Waals surface area contributed by atoms with Crippen molar-refractivity contribution in [2.24, 2.45) is 0 Å². The fourth-order valence-corrected chi connectivity index (χ4v) is 0. The zero-order valence-electron chi connectivity index (χ0n) is 2.03. The fourth-order valence-electron chi connectivity index (χ4n) is 0. The summed E-state index contributed by atoms with van der Waals surface area (Å²) in [5.74, 6) is 0. The summed E-state index contributed by atoms with van der Waals surface area (Å²) in [6, 6.07) is 0. The summed E-state index contributed by atoms with van der Waals surface area (Å²) in [6.07, 6.45) is 0. The molecule has 1 nitrogen and oxygen atoms in total. The van der Waals surface area contributed by atoms with Crippen LogP contribution in [-0.2, 0) is 36.4 Å². The molecule has 0 bridgehead atoms. The van der Waals surface area contributed by atoms with Crippen LogP contribution in [0.15, 0.2) is 0 Å². The van der Waals surface area contributed by atoms with Crippen molar-refractivity contribution in [3.63, 3.8) is 0 Å². The van der Waals surface area contributed by atoms with Gasteiger partial charge in [0.25, 0.3) is 0 Å². The Morgan fingerprint density at radius 2 is 1.25 bits per heavy atom. The van der Waals surface area contributed by atoms with Crippen LogP contribution in [0.4, 0.5) is 0 Å². The van der Waals surface area contributed by atoms with Gasteiger partial charge in [0, 0.05) is 35.9 Å². The molecule has 0 saturated heterocycles. The summed E-state index contributed by atoms with van der Waals surface area (Å²) >= 11 is 2.62. The molecule has 4 heteroatoms. The Labute approximate surface area is 55.1 Å². The monoisotopic (exact) mass is 144 g/mol. The summed E-state index contributed by atoms with van der Waals surface area (Å²) < 4.78 is 7.88. The average Bonchev–Trinajstić information content (AvgIpc) is 1.00. The summed E-state index contributed by atoms with van der Waals surface area (Å²) in [7, 11) is 0. The van der Waals surface area contributed by atoms with E-state index in [0.29, 0.717) is 0 Å². The second-order valence-electron chi connectivity index (χ2n) is 0. The van der Waals surface area contributed by atoms with Crippen molar-refractivity contribution in [3.05, 3.63) is 0 Å². The van der Waals surface area contributed by atoms with Crippen LogP contribution >= 0.6 is 0 Å². The first-order valence-corrected chi connectivity index (χ1v) is 0.532. The van der Waals surface area contributed by atoms with Crippen LogP contribution in [-0.4, -0.2) is 18.9 Å². The molecule has 0 saturated carbocycles. The number of hydrogen-bond donors (Lipinski definition) is 0. The van der Waals surface area contributed by atoms with Crippen LogP contribution < -0.4 is 0 Å². The Morgan fingerprint density at radius 1 is 1.25 bits per heavy atom. The molecule has 0 fully saturated rings. The van der Waals surface area contributed by atoms with Gasteiger partial charge < -0.3 is 0 Å². The zero-order valence-corrected chi connectivity index (χ0v) is 3.96. The number of hydrogen-bond acceptors (Lipinski definition) is 1. The maximum atomic E-state index is 7.88. The van der Waals surface area contributed by atoms with Crippen LogP contribution in [0.5, 0.6) is 0 Å². The molecule has 0 heterocycles. The van der Waals surface area contributed by atoms with E-state index in [9.17, 15) is 0 Å². The molecule has 0 aliphatic rings. The first-order valence-electron chi connectivity index (χ1n) is 0.129. The Morgan fingerprint density at radius 3 is 1.25 bits per heavy atom. The molecule has 0 amide bonds. The van der Waals surface area contributed by atoms with Gasteiger partial charge in [-0.3, -0.25) is 0 Å². The van der Waals surface area contributed by atoms with Crippen molar-refractivity contribution >= 4 is 18.9 Å². The Hall–Kier alpha value is 1.41. The minimum absolute atomic E-state index is 0. The topological polar surface area (TPSA) is 17.1 Å². The minimum atomic E-state index is 0. The van der Waals surface area contributed by atoms with E-state index in [-0.39, 0.29) is 35.9 Å². The molecular formula is CuLiNiO. The van der Waals surface area contributed by atoms with Crippen molar-refractivity contribution in [3.8, 4) is 0 Å². The molecule has 0 atom stereocenters.